The van der Waals surface area contributed by atoms with Crippen LogP contribution in [0.1, 0.15) is 66.2 Å². The maximum atomic E-state index is 13.9. The largest absolute Gasteiger partial charge is 0.342 e. The monoisotopic (exact) mass is 446 g/mol. The quantitative estimate of drug-likeness (QED) is 0.390. The molecule has 0 bridgehead atoms. The Morgan fingerprint density at radius 3 is 2.73 bits per heavy atom. The maximum absolute atomic E-state index is 13.9. The van der Waals surface area contributed by atoms with Gasteiger partial charge in [0.15, 0.2) is 0 Å². The number of pyridine rings is 1. The molecule has 7 heteroatoms. The molecule has 170 valence electrons. The number of H-pyrrole nitrogens is 1. The first-order valence-electron chi connectivity index (χ1n) is 11.4. The zero-order chi connectivity index (χ0) is 22.9. The molecule has 1 fully saturated rings. The average molecular weight is 447 g/mol. The van der Waals surface area contributed by atoms with Gasteiger partial charge in [-0.25, -0.2) is 14.9 Å². The van der Waals surface area contributed by atoms with Crippen molar-refractivity contribution in [1.82, 2.24) is 20.4 Å². The highest BCUT2D eigenvalue weighted by molar-refractivity contribution is 5.96. The Labute approximate surface area is 191 Å². The highest BCUT2D eigenvalue weighted by Crippen LogP contribution is 2.43. The number of imidazole rings is 1. The number of rotatable bonds is 5. The van der Waals surface area contributed by atoms with Gasteiger partial charge in [-0.05, 0) is 85.5 Å². The summed E-state index contributed by atoms with van der Waals surface area (Å²) in [5.41, 5.74) is 6.60. The minimum Gasteiger partial charge on any atom is -0.342 e. The van der Waals surface area contributed by atoms with Gasteiger partial charge >= 0.3 is 0 Å². The van der Waals surface area contributed by atoms with Crippen LogP contribution in [0.15, 0.2) is 48.7 Å². The number of carbonyl (C=O) groups excluding carboxylic acids is 1. The second kappa shape index (κ2) is 8.90. The molecule has 2 heterocycles. The van der Waals surface area contributed by atoms with Crippen LogP contribution in [0.3, 0.4) is 0 Å². The van der Waals surface area contributed by atoms with Crippen molar-refractivity contribution in [2.75, 3.05) is 7.11 Å². The Morgan fingerprint density at radius 2 is 1.94 bits per heavy atom. The Morgan fingerprint density at radius 1 is 1.12 bits per heavy atom. The van der Waals surface area contributed by atoms with Crippen LogP contribution in [0.2, 0.25) is 0 Å². The van der Waals surface area contributed by atoms with Gasteiger partial charge in [-0.2, -0.15) is 0 Å². The van der Waals surface area contributed by atoms with Crippen LogP contribution in [0.5, 0.6) is 0 Å². The van der Waals surface area contributed by atoms with E-state index in [1.54, 1.807) is 24.3 Å². The fourth-order valence-electron chi connectivity index (χ4n) is 5.18. The molecule has 1 amide bonds. The zero-order valence-corrected chi connectivity index (χ0v) is 18.8. The third kappa shape index (κ3) is 4.20. The van der Waals surface area contributed by atoms with E-state index in [0.29, 0.717) is 17.4 Å². The van der Waals surface area contributed by atoms with E-state index in [0.717, 1.165) is 53.4 Å². The minimum absolute atomic E-state index is 0.216. The average Bonchev–Trinajstić information content (AvgIpc) is 3.27. The first-order chi connectivity index (χ1) is 16.0. The lowest BCUT2D eigenvalue weighted by atomic mass is 9.73. The Kier molecular flexibility index (Phi) is 5.81. The number of halogens is 1. The van der Waals surface area contributed by atoms with Gasteiger partial charge in [-0.1, -0.05) is 6.92 Å². The summed E-state index contributed by atoms with van der Waals surface area (Å²) < 4.78 is 13.9. The Hall–Kier alpha value is -3.32. The second-order valence-corrected chi connectivity index (χ2v) is 8.95. The minimum atomic E-state index is -0.293. The van der Waals surface area contributed by atoms with E-state index >= 15 is 0 Å². The summed E-state index contributed by atoms with van der Waals surface area (Å²) in [6, 6.07) is 12.3. The van der Waals surface area contributed by atoms with Crippen LogP contribution in [0.25, 0.3) is 21.9 Å². The van der Waals surface area contributed by atoms with Gasteiger partial charge in [-0.3, -0.25) is 14.6 Å². The number of hydrogen-bond acceptors (Lipinski definition) is 4. The molecule has 0 saturated heterocycles. The standard InChI is InChI=1S/C26H27FN4O2/c1-15(25-29-23-9-7-18(13-24(23)30-25)26(32)31-33-2)16-3-5-17(6-4-16)20-11-12-28-22-10-8-19(27)14-21(20)22/h7-17H,3-6H2,1-2H3,(H,29,30)(H,31,32)/t15?,16-,17+. The van der Waals surface area contributed by atoms with Crippen molar-refractivity contribution in [3.05, 3.63) is 71.4 Å². The van der Waals surface area contributed by atoms with Gasteiger partial charge in [0, 0.05) is 23.1 Å². The summed E-state index contributed by atoms with van der Waals surface area (Å²) in [6.45, 7) is 2.22. The molecule has 1 unspecified atom stereocenters. The summed E-state index contributed by atoms with van der Waals surface area (Å²) >= 11 is 0. The van der Waals surface area contributed by atoms with Crippen LogP contribution >= 0.6 is 0 Å². The molecule has 2 aromatic heterocycles. The Balaban J connectivity index is 1.31. The molecule has 0 radical (unpaired) electrons. The lowest BCUT2D eigenvalue weighted by Gasteiger charge is -2.32. The molecule has 1 aliphatic rings. The lowest BCUT2D eigenvalue weighted by molar-refractivity contribution is 0.0538. The fraction of sp³-hybridized carbons (Fsp3) is 0.346. The number of fused-ring (bicyclic) bond motifs is 2. The summed E-state index contributed by atoms with van der Waals surface area (Å²) in [5.74, 6) is 1.65. The molecule has 1 atom stereocenters. The van der Waals surface area contributed by atoms with E-state index < -0.39 is 0 Å². The number of aromatic nitrogens is 3. The summed E-state index contributed by atoms with van der Waals surface area (Å²) in [5, 5.41) is 0.930. The molecule has 2 N–H and O–H groups in total. The summed E-state index contributed by atoms with van der Waals surface area (Å²) in [6.07, 6.45) is 6.13. The van der Waals surface area contributed by atoms with Gasteiger partial charge in [-0.15, -0.1) is 0 Å². The van der Waals surface area contributed by atoms with E-state index in [-0.39, 0.29) is 17.6 Å². The number of nitrogens with zero attached hydrogens (tertiary/aromatic N) is 2. The SMILES string of the molecule is CONC(=O)c1ccc2[nH]c(C(C)[C@H]3CC[C@@H](c4ccnc5ccc(F)cc54)CC3)nc2c1. The second-order valence-electron chi connectivity index (χ2n) is 8.95. The topological polar surface area (TPSA) is 79.9 Å². The number of nitrogens with one attached hydrogen (secondary N) is 2. The van der Waals surface area contributed by atoms with Crippen LogP contribution in [0.4, 0.5) is 4.39 Å². The third-order valence-corrected chi connectivity index (χ3v) is 7.05. The molecule has 0 spiro atoms. The van der Waals surface area contributed by atoms with E-state index in [2.05, 4.69) is 22.4 Å². The zero-order valence-electron chi connectivity index (χ0n) is 18.8. The highest BCUT2D eigenvalue weighted by atomic mass is 19.1. The smallest absolute Gasteiger partial charge is 0.274 e. The molecule has 0 aliphatic heterocycles. The predicted octanol–water partition coefficient (Wildman–Crippen LogP) is 5.62. The van der Waals surface area contributed by atoms with Crippen LogP contribution in [0, 0.1) is 11.7 Å². The first-order valence-corrected chi connectivity index (χ1v) is 11.4. The van der Waals surface area contributed by atoms with Crippen molar-refractivity contribution in [2.45, 2.75) is 44.4 Å². The lowest BCUT2D eigenvalue weighted by Crippen LogP contribution is -2.21. The highest BCUT2D eigenvalue weighted by Gasteiger charge is 2.29. The van der Waals surface area contributed by atoms with Crippen molar-refractivity contribution in [3.8, 4) is 0 Å². The molecular weight excluding hydrogens is 419 g/mol. The number of hydroxylamine groups is 1. The third-order valence-electron chi connectivity index (χ3n) is 7.05. The van der Waals surface area contributed by atoms with Gasteiger partial charge in [0.2, 0.25) is 0 Å². The summed E-state index contributed by atoms with van der Waals surface area (Å²) in [4.78, 5) is 29.4. The fourth-order valence-corrected chi connectivity index (χ4v) is 5.18. The van der Waals surface area contributed by atoms with Crippen molar-refractivity contribution < 1.29 is 14.0 Å². The molecule has 1 aliphatic carbocycles. The number of carbonyl (C=O) groups is 1. The van der Waals surface area contributed by atoms with Crippen LogP contribution < -0.4 is 5.48 Å². The van der Waals surface area contributed by atoms with Crippen molar-refractivity contribution in [1.29, 1.82) is 0 Å². The normalized spacial score (nSPS) is 19.6. The van der Waals surface area contributed by atoms with Gasteiger partial charge in [0.05, 0.1) is 23.7 Å². The number of benzene rings is 2. The van der Waals surface area contributed by atoms with Crippen molar-refractivity contribution >= 4 is 27.8 Å². The molecular formula is C26H27FN4O2. The predicted molar refractivity (Wildman–Crippen MR) is 125 cm³/mol. The van der Waals surface area contributed by atoms with Gasteiger partial charge < -0.3 is 4.98 Å². The van der Waals surface area contributed by atoms with Crippen molar-refractivity contribution in [2.24, 2.45) is 5.92 Å². The van der Waals surface area contributed by atoms with E-state index in [1.165, 1.54) is 18.7 Å². The van der Waals surface area contributed by atoms with E-state index in [4.69, 9.17) is 9.82 Å². The maximum Gasteiger partial charge on any atom is 0.274 e. The summed E-state index contributed by atoms with van der Waals surface area (Å²) in [7, 11) is 1.41. The van der Waals surface area contributed by atoms with Crippen LogP contribution in [-0.2, 0) is 4.84 Å². The first kappa shape index (κ1) is 21.5. The molecule has 5 rings (SSSR count). The van der Waals surface area contributed by atoms with E-state index in [9.17, 15) is 9.18 Å². The molecule has 4 aromatic rings. The van der Waals surface area contributed by atoms with Crippen LogP contribution in [-0.4, -0.2) is 28.0 Å². The van der Waals surface area contributed by atoms with Crippen molar-refractivity contribution in [3.63, 3.8) is 0 Å². The Bertz CT molecular complexity index is 1310. The number of amides is 1. The number of aromatic amines is 1. The van der Waals surface area contributed by atoms with E-state index in [1.807, 2.05) is 18.3 Å². The van der Waals surface area contributed by atoms with Gasteiger partial charge in [0.1, 0.15) is 11.6 Å². The molecule has 6 nitrogen and oxygen atoms in total. The molecule has 1 saturated carbocycles. The number of hydrogen-bond donors (Lipinski definition) is 2. The molecule has 33 heavy (non-hydrogen) atoms. The van der Waals surface area contributed by atoms with Gasteiger partial charge in [0.25, 0.3) is 5.91 Å². The molecule has 2 aromatic carbocycles.